The van der Waals surface area contributed by atoms with E-state index >= 15 is 0 Å². The van der Waals surface area contributed by atoms with Gasteiger partial charge in [0.15, 0.2) is 0 Å². The van der Waals surface area contributed by atoms with Gasteiger partial charge >= 0.3 is 5.97 Å². The van der Waals surface area contributed by atoms with Crippen LogP contribution in [0.15, 0.2) is 53.4 Å². The van der Waals surface area contributed by atoms with Crippen molar-refractivity contribution in [2.45, 2.75) is 10.8 Å². The molecule has 2 aromatic carbocycles. The molecule has 0 spiro atoms. The Kier molecular flexibility index (Phi) is 3.65. The van der Waals surface area contributed by atoms with E-state index < -0.39 is 5.97 Å². The smallest absolute Gasteiger partial charge is 0.335 e. The standard InChI is InChI=1S/C16H14O3S/c17-16(18)11-4-3-5-13(8-11)20-10-12-9-19-15-7-2-1-6-14(12)15/h1-8,12H,9-10H2,(H,17,18). The molecule has 1 N–H and O–H groups in total. The minimum atomic E-state index is -0.887. The van der Waals surface area contributed by atoms with Crippen LogP contribution in [-0.2, 0) is 0 Å². The molecule has 0 aliphatic carbocycles. The average Bonchev–Trinajstić information content (AvgIpc) is 2.89. The van der Waals surface area contributed by atoms with Crippen LogP contribution in [0.1, 0.15) is 21.8 Å². The van der Waals surface area contributed by atoms with Crippen molar-refractivity contribution in [2.75, 3.05) is 12.4 Å². The van der Waals surface area contributed by atoms with E-state index in [1.54, 1.807) is 30.0 Å². The predicted molar refractivity (Wildman–Crippen MR) is 78.8 cm³/mol. The summed E-state index contributed by atoms with van der Waals surface area (Å²) >= 11 is 1.67. The van der Waals surface area contributed by atoms with Crippen molar-refractivity contribution in [1.82, 2.24) is 0 Å². The van der Waals surface area contributed by atoms with Crippen molar-refractivity contribution in [1.29, 1.82) is 0 Å². The van der Waals surface area contributed by atoms with E-state index in [4.69, 9.17) is 9.84 Å². The number of hydrogen-bond donors (Lipinski definition) is 1. The predicted octanol–water partition coefficient (Wildman–Crippen LogP) is 3.65. The van der Waals surface area contributed by atoms with Crippen LogP contribution in [0.4, 0.5) is 0 Å². The number of thioether (sulfide) groups is 1. The SMILES string of the molecule is O=C(O)c1cccc(SCC2COc3ccccc32)c1. The first kappa shape index (κ1) is 13.1. The Morgan fingerprint density at radius 1 is 1.25 bits per heavy atom. The highest BCUT2D eigenvalue weighted by Crippen LogP contribution is 2.36. The number of fused-ring (bicyclic) bond motifs is 1. The van der Waals surface area contributed by atoms with E-state index in [0.717, 1.165) is 16.4 Å². The molecule has 0 radical (unpaired) electrons. The zero-order chi connectivity index (χ0) is 13.9. The summed E-state index contributed by atoms with van der Waals surface area (Å²) < 4.78 is 5.65. The number of aromatic carboxylic acids is 1. The first-order valence-electron chi connectivity index (χ1n) is 6.42. The van der Waals surface area contributed by atoms with Crippen molar-refractivity contribution in [2.24, 2.45) is 0 Å². The van der Waals surface area contributed by atoms with Crippen molar-refractivity contribution < 1.29 is 14.6 Å². The molecule has 0 aromatic heterocycles. The molecule has 0 saturated heterocycles. The maximum absolute atomic E-state index is 10.9. The van der Waals surface area contributed by atoms with E-state index in [2.05, 4.69) is 6.07 Å². The molecule has 0 amide bonds. The lowest BCUT2D eigenvalue weighted by Crippen LogP contribution is -2.03. The Bertz CT molecular complexity index is 639. The van der Waals surface area contributed by atoms with Crippen molar-refractivity contribution >= 4 is 17.7 Å². The van der Waals surface area contributed by atoms with Gasteiger partial charge < -0.3 is 9.84 Å². The summed E-state index contributed by atoms with van der Waals surface area (Å²) in [6.07, 6.45) is 0. The van der Waals surface area contributed by atoms with E-state index in [1.807, 2.05) is 24.3 Å². The van der Waals surface area contributed by atoms with E-state index in [0.29, 0.717) is 18.1 Å². The van der Waals surface area contributed by atoms with Crippen molar-refractivity contribution in [3.63, 3.8) is 0 Å². The molecule has 0 saturated carbocycles. The molecule has 102 valence electrons. The number of carboxylic acid groups (broad SMARTS) is 1. The van der Waals surface area contributed by atoms with Gasteiger partial charge in [-0.05, 0) is 24.3 Å². The maximum atomic E-state index is 10.9. The first-order valence-corrected chi connectivity index (χ1v) is 7.40. The molecular weight excluding hydrogens is 272 g/mol. The third-order valence-electron chi connectivity index (χ3n) is 3.33. The molecule has 0 bridgehead atoms. The summed E-state index contributed by atoms with van der Waals surface area (Å²) in [6.45, 7) is 0.699. The number of carboxylic acids is 1. The number of benzene rings is 2. The fourth-order valence-electron chi connectivity index (χ4n) is 2.28. The molecule has 3 nitrogen and oxygen atoms in total. The highest BCUT2D eigenvalue weighted by atomic mass is 32.2. The fraction of sp³-hybridized carbons (Fsp3) is 0.188. The number of hydrogen-bond acceptors (Lipinski definition) is 3. The fourth-order valence-corrected chi connectivity index (χ4v) is 3.34. The van der Waals surface area contributed by atoms with Gasteiger partial charge in [-0.25, -0.2) is 4.79 Å². The molecule has 0 fully saturated rings. The van der Waals surface area contributed by atoms with Gasteiger partial charge in [-0.3, -0.25) is 0 Å². The van der Waals surface area contributed by atoms with Crippen LogP contribution < -0.4 is 4.74 Å². The van der Waals surface area contributed by atoms with Crippen LogP contribution >= 0.6 is 11.8 Å². The Balaban J connectivity index is 1.69. The lowest BCUT2D eigenvalue weighted by molar-refractivity contribution is 0.0696. The van der Waals surface area contributed by atoms with E-state index in [1.165, 1.54) is 5.56 Å². The summed E-state index contributed by atoms with van der Waals surface area (Å²) in [5, 5.41) is 8.99. The van der Waals surface area contributed by atoms with E-state index in [-0.39, 0.29) is 0 Å². The average molecular weight is 286 g/mol. The van der Waals surface area contributed by atoms with Gasteiger partial charge in [-0.1, -0.05) is 24.3 Å². The molecule has 1 aliphatic rings. The van der Waals surface area contributed by atoms with Crippen LogP contribution in [0, 0.1) is 0 Å². The quantitative estimate of drug-likeness (QED) is 0.871. The molecule has 1 unspecified atom stereocenters. The molecule has 3 rings (SSSR count). The van der Waals surface area contributed by atoms with Gasteiger partial charge in [0.05, 0.1) is 12.2 Å². The monoisotopic (exact) mass is 286 g/mol. The third kappa shape index (κ3) is 2.65. The van der Waals surface area contributed by atoms with Gasteiger partial charge in [-0.15, -0.1) is 11.8 Å². The highest BCUT2D eigenvalue weighted by molar-refractivity contribution is 7.99. The third-order valence-corrected chi connectivity index (χ3v) is 4.49. The maximum Gasteiger partial charge on any atom is 0.335 e. The Labute approximate surface area is 121 Å². The van der Waals surface area contributed by atoms with Crippen LogP contribution in [0.2, 0.25) is 0 Å². The summed E-state index contributed by atoms with van der Waals surface area (Å²) in [6, 6.07) is 15.1. The topological polar surface area (TPSA) is 46.5 Å². The Morgan fingerprint density at radius 3 is 2.95 bits per heavy atom. The normalized spacial score (nSPS) is 16.5. The summed E-state index contributed by atoms with van der Waals surface area (Å²) in [7, 11) is 0. The molecule has 4 heteroatoms. The van der Waals surface area contributed by atoms with Crippen molar-refractivity contribution in [3.05, 3.63) is 59.7 Å². The van der Waals surface area contributed by atoms with Crippen LogP contribution in [-0.4, -0.2) is 23.4 Å². The molecule has 1 heterocycles. The van der Waals surface area contributed by atoms with Crippen LogP contribution in [0.5, 0.6) is 5.75 Å². The van der Waals surface area contributed by atoms with Gasteiger partial charge in [-0.2, -0.15) is 0 Å². The highest BCUT2D eigenvalue weighted by Gasteiger charge is 2.23. The second-order valence-corrected chi connectivity index (χ2v) is 5.78. The largest absolute Gasteiger partial charge is 0.493 e. The first-order chi connectivity index (χ1) is 9.74. The zero-order valence-electron chi connectivity index (χ0n) is 10.8. The van der Waals surface area contributed by atoms with Gasteiger partial charge in [0.1, 0.15) is 5.75 Å². The Hall–Kier alpha value is -1.94. The van der Waals surface area contributed by atoms with Crippen LogP contribution in [0.25, 0.3) is 0 Å². The lowest BCUT2D eigenvalue weighted by atomic mass is 10.0. The Morgan fingerprint density at radius 2 is 2.10 bits per heavy atom. The zero-order valence-corrected chi connectivity index (χ0v) is 11.6. The molecule has 2 aromatic rings. The van der Waals surface area contributed by atoms with Crippen LogP contribution in [0.3, 0.4) is 0 Å². The molecule has 20 heavy (non-hydrogen) atoms. The number of rotatable bonds is 4. The summed E-state index contributed by atoms with van der Waals surface area (Å²) in [5.41, 5.74) is 1.58. The van der Waals surface area contributed by atoms with E-state index in [9.17, 15) is 4.79 Å². The number of ether oxygens (including phenoxy) is 1. The second-order valence-electron chi connectivity index (χ2n) is 4.69. The summed E-state index contributed by atoms with van der Waals surface area (Å²) in [5.74, 6) is 1.34. The molecule has 1 atom stereocenters. The molecular formula is C16H14O3S. The second kappa shape index (κ2) is 5.59. The minimum Gasteiger partial charge on any atom is -0.493 e. The van der Waals surface area contributed by atoms with Gasteiger partial charge in [0.25, 0.3) is 0 Å². The summed E-state index contributed by atoms with van der Waals surface area (Å²) in [4.78, 5) is 11.9. The van der Waals surface area contributed by atoms with Gasteiger partial charge in [0, 0.05) is 22.1 Å². The lowest BCUT2D eigenvalue weighted by Gasteiger charge is -2.08. The van der Waals surface area contributed by atoms with Crippen molar-refractivity contribution in [3.8, 4) is 5.75 Å². The number of para-hydroxylation sites is 1. The number of carbonyl (C=O) groups is 1. The minimum absolute atomic E-state index is 0.332. The molecule has 1 aliphatic heterocycles. The van der Waals surface area contributed by atoms with Gasteiger partial charge in [0.2, 0.25) is 0 Å².